The number of methoxy groups -OCH3 is 1. The molecule has 0 spiro atoms. The summed E-state index contributed by atoms with van der Waals surface area (Å²) in [4.78, 5) is 27.9. The van der Waals surface area contributed by atoms with Gasteiger partial charge >= 0.3 is 11.9 Å². The standard InChI is InChI=1S/C19H27NO4/c1-20(2)13-14-24-18(22)19(17(21)23-3,16-11-7-8-12-16)15-9-5-4-6-10-15/h4-6,9-10,16H,7-8,11-14H2,1-3H3. The molecule has 1 saturated carbocycles. The third-order valence-corrected chi connectivity index (χ3v) is 4.80. The third kappa shape index (κ3) is 3.61. The number of hydrogen-bond acceptors (Lipinski definition) is 5. The van der Waals surface area contributed by atoms with E-state index in [2.05, 4.69) is 0 Å². The Balaban J connectivity index is 2.41. The summed E-state index contributed by atoms with van der Waals surface area (Å²) in [7, 11) is 5.16. The van der Waals surface area contributed by atoms with E-state index in [1.807, 2.05) is 49.3 Å². The maximum absolute atomic E-state index is 13.1. The summed E-state index contributed by atoms with van der Waals surface area (Å²) in [6, 6.07) is 9.20. The second kappa shape index (κ2) is 8.29. The normalized spacial score (nSPS) is 17.5. The first kappa shape index (κ1) is 18.5. The molecule has 1 fully saturated rings. The topological polar surface area (TPSA) is 55.8 Å². The molecule has 0 radical (unpaired) electrons. The van der Waals surface area contributed by atoms with Crippen molar-refractivity contribution in [1.82, 2.24) is 4.90 Å². The molecule has 0 amide bonds. The fourth-order valence-electron chi connectivity index (χ4n) is 3.54. The SMILES string of the molecule is COC(=O)C(C(=O)OCCN(C)C)(c1ccccc1)C1CCCC1. The Morgan fingerprint density at radius 1 is 1.12 bits per heavy atom. The molecule has 1 unspecified atom stereocenters. The van der Waals surface area contributed by atoms with E-state index >= 15 is 0 Å². The predicted octanol–water partition coefficient (Wildman–Crippen LogP) is 2.39. The highest BCUT2D eigenvalue weighted by Crippen LogP contribution is 2.44. The molecule has 1 aliphatic rings. The van der Waals surface area contributed by atoms with Crippen molar-refractivity contribution in [3.8, 4) is 0 Å². The van der Waals surface area contributed by atoms with Crippen LogP contribution in [0.2, 0.25) is 0 Å². The Labute approximate surface area is 143 Å². The zero-order valence-corrected chi connectivity index (χ0v) is 14.8. The van der Waals surface area contributed by atoms with Crippen LogP contribution in [0.1, 0.15) is 31.2 Å². The Bertz CT molecular complexity index is 552. The first-order valence-corrected chi connectivity index (χ1v) is 8.49. The molecule has 132 valence electrons. The van der Waals surface area contributed by atoms with E-state index in [0.717, 1.165) is 25.7 Å². The maximum atomic E-state index is 13.1. The van der Waals surface area contributed by atoms with Crippen molar-refractivity contribution in [2.45, 2.75) is 31.1 Å². The van der Waals surface area contributed by atoms with Crippen molar-refractivity contribution in [3.63, 3.8) is 0 Å². The number of carbonyl (C=O) groups excluding carboxylic acids is 2. The minimum absolute atomic E-state index is 0.0841. The molecule has 2 rings (SSSR count). The Morgan fingerprint density at radius 2 is 1.75 bits per heavy atom. The van der Waals surface area contributed by atoms with Crippen LogP contribution in [-0.2, 0) is 24.5 Å². The molecular weight excluding hydrogens is 306 g/mol. The van der Waals surface area contributed by atoms with Gasteiger partial charge in [0.05, 0.1) is 7.11 Å². The number of nitrogens with zero attached hydrogens (tertiary/aromatic N) is 1. The van der Waals surface area contributed by atoms with Gasteiger partial charge in [-0.1, -0.05) is 43.2 Å². The lowest BCUT2D eigenvalue weighted by Crippen LogP contribution is -2.51. The molecule has 0 saturated heterocycles. The van der Waals surface area contributed by atoms with Crippen LogP contribution in [0.5, 0.6) is 0 Å². The maximum Gasteiger partial charge on any atom is 0.328 e. The highest BCUT2D eigenvalue weighted by molar-refractivity contribution is 6.06. The molecule has 0 bridgehead atoms. The number of ether oxygens (including phenoxy) is 2. The van der Waals surface area contributed by atoms with Crippen molar-refractivity contribution in [3.05, 3.63) is 35.9 Å². The molecule has 0 aliphatic heterocycles. The summed E-state index contributed by atoms with van der Waals surface area (Å²) in [5.41, 5.74) is -0.697. The van der Waals surface area contributed by atoms with Gasteiger partial charge in [0, 0.05) is 6.54 Å². The largest absolute Gasteiger partial charge is 0.468 e. The van der Waals surface area contributed by atoms with E-state index < -0.39 is 17.4 Å². The molecule has 0 heterocycles. The minimum atomic E-state index is -1.36. The number of rotatable bonds is 7. The summed E-state index contributed by atoms with van der Waals surface area (Å²) < 4.78 is 10.6. The second-order valence-corrected chi connectivity index (χ2v) is 6.59. The number of carbonyl (C=O) groups is 2. The molecule has 1 atom stereocenters. The van der Waals surface area contributed by atoms with Crippen LogP contribution in [0, 0.1) is 5.92 Å². The van der Waals surface area contributed by atoms with Gasteiger partial charge in [-0.25, -0.2) is 0 Å². The summed E-state index contributed by atoms with van der Waals surface area (Å²) in [5.74, 6) is -1.09. The van der Waals surface area contributed by atoms with Gasteiger partial charge in [-0.15, -0.1) is 0 Å². The van der Waals surface area contributed by atoms with E-state index in [1.54, 1.807) is 0 Å². The molecule has 1 aromatic rings. The Morgan fingerprint density at radius 3 is 2.29 bits per heavy atom. The predicted molar refractivity (Wildman–Crippen MR) is 91.6 cm³/mol. The van der Waals surface area contributed by atoms with Gasteiger partial charge in [-0.3, -0.25) is 9.59 Å². The third-order valence-electron chi connectivity index (χ3n) is 4.80. The van der Waals surface area contributed by atoms with Gasteiger partial charge in [-0.2, -0.15) is 0 Å². The van der Waals surface area contributed by atoms with Crippen molar-refractivity contribution < 1.29 is 19.1 Å². The fourth-order valence-corrected chi connectivity index (χ4v) is 3.54. The summed E-state index contributed by atoms with van der Waals surface area (Å²) in [6.07, 6.45) is 3.68. The van der Waals surface area contributed by atoms with Crippen molar-refractivity contribution in [2.75, 3.05) is 34.4 Å². The van der Waals surface area contributed by atoms with E-state index in [9.17, 15) is 9.59 Å². The van der Waals surface area contributed by atoms with Crippen LogP contribution in [0.15, 0.2) is 30.3 Å². The van der Waals surface area contributed by atoms with Crippen LogP contribution in [0.3, 0.4) is 0 Å². The lowest BCUT2D eigenvalue weighted by Gasteiger charge is -2.34. The van der Waals surface area contributed by atoms with Crippen LogP contribution < -0.4 is 0 Å². The monoisotopic (exact) mass is 333 g/mol. The summed E-state index contributed by atoms with van der Waals surface area (Å²) in [6.45, 7) is 0.868. The number of hydrogen-bond donors (Lipinski definition) is 0. The van der Waals surface area contributed by atoms with Crippen LogP contribution in [-0.4, -0.2) is 51.2 Å². The van der Waals surface area contributed by atoms with Crippen LogP contribution in [0.25, 0.3) is 0 Å². The molecule has 0 N–H and O–H groups in total. The summed E-state index contributed by atoms with van der Waals surface area (Å²) >= 11 is 0. The van der Waals surface area contributed by atoms with Gasteiger partial charge in [0.25, 0.3) is 0 Å². The van der Waals surface area contributed by atoms with Gasteiger partial charge < -0.3 is 14.4 Å². The zero-order valence-electron chi connectivity index (χ0n) is 14.8. The van der Waals surface area contributed by atoms with Gasteiger partial charge in [0.2, 0.25) is 0 Å². The van der Waals surface area contributed by atoms with Gasteiger partial charge in [0.15, 0.2) is 5.41 Å². The van der Waals surface area contributed by atoms with E-state index in [-0.39, 0.29) is 12.5 Å². The number of likely N-dealkylation sites (N-methyl/N-ethyl adjacent to an activating group) is 1. The first-order valence-electron chi connectivity index (χ1n) is 8.49. The molecule has 1 aromatic carbocycles. The molecule has 1 aliphatic carbocycles. The Hall–Kier alpha value is -1.88. The van der Waals surface area contributed by atoms with E-state index in [4.69, 9.17) is 9.47 Å². The molecule has 0 aromatic heterocycles. The van der Waals surface area contributed by atoms with Crippen molar-refractivity contribution >= 4 is 11.9 Å². The average Bonchev–Trinajstić information content (AvgIpc) is 3.10. The minimum Gasteiger partial charge on any atom is -0.468 e. The highest BCUT2D eigenvalue weighted by atomic mass is 16.6. The Kier molecular flexibility index (Phi) is 6.37. The van der Waals surface area contributed by atoms with Crippen LogP contribution in [0.4, 0.5) is 0 Å². The number of benzene rings is 1. The fraction of sp³-hybridized carbons (Fsp3) is 0.579. The lowest BCUT2D eigenvalue weighted by molar-refractivity contribution is -0.167. The van der Waals surface area contributed by atoms with E-state index in [0.29, 0.717) is 12.1 Å². The smallest absolute Gasteiger partial charge is 0.328 e. The molecule has 5 heteroatoms. The van der Waals surface area contributed by atoms with Gasteiger partial charge in [0.1, 0.15) is 6.61 Å². The lowest BCUT2D eigenvalue weighted by atomic mass is 9.69. The average molecular weight is 333 g/mol. The second-order valence-electron chi connectivity index (χ2n) is 6.59. The van der Waals surface area contributed by atoms with Crippen molar-refractivity contribution in [2.24, 2.45) is 5.92 Å². The highest BCUT2D eigenvalue weighted by Gasteiger charge is 2.56. The molecular formula is C19H27NO4. The first-order chi connectivity index (χ1) is 11.5. The zero-order chi connectivity index (χ0) is 17.6. The number of esters is 2. The molecule has 5 nitrogen and oxygen atoms in total. The quantitative estimate of drug-likeness (QED) is 0.566. The molecule has 24 heavy (non-hydrogen) atoms. The summed E-state index contributed by atoms with van der Waals surface area (Å²) in [5, 5.41) is 0. The van der Waals surface area contributed by atoms with E-state index in [1.165, 1.54) is 7.11 Å². The van der Waals surface area contributed by atoms with Crippen molar-refractivity contribution in [1.29, 1.82) is 0 Å². The van der Waals surface area contributed by atoms with Gasteiger partial charge in [-0.05, 0) is 38.4 Å². The van der Waals surface area contributed by atoms with Crippen LogP contribution >= 0.6 is 0 Å².